The number of rotatable bonds is 2. The van der Waals surface area contributed by atoms with E-state index in [-0.39, 0.29) is 36.4 Å². The molecule has 0 bridgehead atoms. The van der Waals surface area contributed by atoms with Crippen LogP contribution in [0.4, 0.5) is 21.9 Å². The summed E-state index contributed by atoms with van der Waals surface area (Å²) >= 11 is 0. The third-order valence-electron chi connectivity index (χ3n) is 12.6. The first-order valence-electron chi connectivity index (χ1n) is 16.1. The van der Waals surface area contributed by atoms with Gasteiger partial charge in [-0.15, -0.1) is 0 Å². The van der Waals surface area contributed by atoms with Crippen LogP contribution in [-0.4, -0.2) is 92.9 Å². The van der Waals surface area contributed by atoms with E-state index >= 15 is 0 Å². The Morgan fingerprint density at radius 1 is 0.717 bits per heavy atom. The number of hydrogen-bond acceptors (Lipinski definition) is 7. The van der Waals surface area contributed by atoms with E-state index in [1.807, 2.05) is 41.9 Å². The quantitative estimate of drug-likeness (QED) is 0.469. The largest absolute Gasteiger partial charge is 0.453 e. The van der Waals surface area contributed by atoms with Crippen LogP contribution >= 0.6 is 0 Å². The lowest BCUT2D eigenvalue weighted by Crippen LogP contribution is -2.62. The zero-order chi connectivity index (χ0) is 31.9. The summed E-state index contributed by atoms with van der Waals surface area (Å²) in [6.07, 6.45) is 0.0855. The number of hydrogen-bond donors (Lipinski definition) is 1. The molecule has 236 valence electrons. The van der Waals surface area contributed by atoms with Gasteiger partial charge in [-0.25, -0.2) is 4.79 Å². The predicted molar refractivity (Wildman–Crippen MR) is 174 cm³/mol. The number of anilines is 3. The lowest BCUT2D eigenvalue weighted by molar-refractivity contribution is -0.128. The molecule has 0 saturated carbocycles. The fourth-order valence-electron chi connectivity index (χ4n) is 11.0. The number of likely N-dealkylation sites (tertiary alicyclic amines) is 3. The van der Waals surface area contributed by atoms with E-state index < -0.39 is 16.2 Å². The second-order valence-corrected chi connectivity index (χ2v) is 14.0. The third-order valence-corrected chi connectivity index (χ3v) is 12.6. The van der Waals surface area contributed by atoms with Gasteiger partial charge in [-0.3, -0.25) is 14.5 Å². The van der Waals surface area contributed by atoms with Crippen LogP contribution in [0, 0.1) is 0 Å². The molecule has 3 saturated heterocycles. The Labute approximate surface area is 268 Å². The van der Waals surface area contributed by atoms with Gasteiger partial charge in [0.25, 0.3) is 0 Å². The van der Waals surface area contributed by atoms with Crippen molar-refractivity contribution in [3.05, 3.63) is 89.0 Å². The first-order chi connectivity index (χ1) is 22.1. The van der Waals surface area contributed by atoms with Crippen LogP contribution in [0.1, 0.15) is 41.5 Å². The number of ether oxygens (including phenoxy) is 1. The van der Waals surface area contributed by atoms with Crippen molar-refractivity contribution < 1.29 is 19.1 Å². The van der Waals surface area contributed by atoms with E-state index in [2.05, 4.69) is 82.8 Å². The molecule has 9 rings (SSSR count). The molecular weight excluding hydrogens is 580 g/mol. The summed E-state index contributed by atoms with van der Waals surface area (Å²) in [6.45, 7) is 0.515. The number of carbonyl (C=O) groups is 3. The van der Waals surface area contributed by atoms with Crippen LogP contribution in [0.25, 0.3) is 0 Å². The van der Waals surface area contributed by atoms with Crippen LogP contribution in [0.3, 0.4) is 0 Å². The van der Waals surface area contributed by atoms with E-state index in [4.69, 9.17) is 4.74 Å². The smallest absolute Gasteiger partial charge is 0.411 e. The van der Waals surface area contributed by atoms with Crippen LogP contribution in [0.2, 0.25) is 0 Å². The van der Waals surface area contributed by atoms with Crippen molar-refractivity contribution in [1.82, 2.24) is 14.7 Å². The maximum Gasteiger partial charge on any atom is 0.411 e. The Kier molecular flexibility index (Phi) is 5.24. The molecule has 6 atom stereocenters. The number of fused-ring (bicyclic) bond motifs is 10. The van der Waals surface area contributed by atoms with Gasteiger partial charge in [0.05, 0.1) is 23.4 Å². The van der Waals surface area contributed by atoms with E-state index in [1.54, 1.807) is 0 Å². The number of para-hydroxylation sites is 3. The number of amides is 3. The maximum absolute atomic E-state index is 13.9. The Morgan fingerprint density at radius 2 is 1.33 bits per heavy atom. The van der Waals surface area contributed by atoms with Gasteiger partial charge >= 0.3 is 6.09 Å². The number of nitrogens with zero attached hydrogens (tertiary/aromatic N) is 5. The minimum atomic E-state index is -0.705. The first kappa shape index (κ1) is 27.6. The highest BCUT2D eigenvalue weighted by Crippen LogP contribution is 2.69. The van der Waals surface area contributed by atoms with Crippen LogP contribution in [0.15, 0.2) is 66.7 Å². The van der Waals surface area contributed by atoms with Gasteiger partial charge in [0.1, 0.15) is 18.5 Å². The van der Waals surface area contributed by atoms with Crippen molar-refractivity contribution in [2.45, 2.75) is 54.0 Å². The lowest BCUT2D eigenvalue weighted by atomic mass is 9.54. The standard InChI is InChI=1S/C36H38N6O4/c1-38-25-15-8-6-11-21(25)34(19-27(43)41(4)31(34)38)23-13-10-14-24-29(23)37-30-36(24,20-28(44)40(30)3)35-17-18-42(33(45)46-5)32(35)39(2)26-16-9-7-12-22(26)35/h6-16,30-32,37H,17-20H2,1-5H3/t30-,31-,32-,34-,35+,36+/m0/s1. The average molecular weight is 619 g/mol. The summed E-state index contributed by atoms with van der Waals surface area (Å²) < 4.78 is 5.34. The molecule has 6 aliphatic heterocycles. The molecule has 0 aromatic heterocycles. The van der Waals surface area contributed by atoms with E-state index in [9.17, 15) is 14.4 Å². The summed E-state index contributed by atoms with van der Waals surface area (Å²) in [7, 11) is 9.36. The Morgan fingerprint density at radius 3 is 2.07 bits per heavy atom. The summed E-state index contributed by atoms with van der Waals surface area (Å²) in [6, 6.07) is 23.3. The molecule has 3 aromatic carbocycles. The SMILES string of the molecule is COC(=O)N1CC[C@@]2([C@@]34CC(=O)N(C)[C@@H]3Nc3c([C@@]56CC(=O)N(C)[C@@H]5N(C)c5ccccc56)cccc34)c3ccccc3N(C)[C@@H]12. The molecule has 1 N–H and O–H groups in total. The molecule has 3 fully saturated rings. The minimum Gasteiger partial charge on any atom is -0.453 e. The summed E-state index contributed by atoms with van der Waals surface area (Å²) in [4.78, 5) is 51.0. The topological polar surface area (TPSA) is 88.7 Å². The van der Waals surface area contributed by atoms with Gasteiger partial charge in [0.15, 0.2) is 0 Å². The molecule has 6 aliphatic rings. The van der Waals surface area contributed by atoms with Gasteiger partial charge in [0, 0.05) is 64.6 Å². The molecule has 6 heterocycles. The van der Waals surface area contributed by atoms with Crippen LogP contribution in [0.5, 0.6) is 0 Å². The Bertz CT molecular complexity index is 1880. The van der Waals surface area contributed by atoms with E-state index in [1.165, 1.54) is 7.11 Å². The second kappa shape index (κ2) is 8.74. The van der Waals surface area contributed by atoms with Crippen molar-refractivity contribution in [3.63, 3.8) is 0 Å². The highest BCUT2D eigenvalue weighted by molar-refractivity contribution is 5.92. The van der Waals surface area contributed by atoms with E-state index in [0.29, 0.717) is 25.8 Å². The first-order valence-corrected chi connectivity index (χ1v) is 16.1. The molecule has 10 heteroatoms. The van der Waals surface area contributed by atoms with Crippen molar-refractivity contribution in [1.29, 1.82) is 0 Å². The van der Waals surface area contributed by atoms with Gasteiger partial charge in [-0.05, 0) is 40.8 Å². The van der Waals surface area contributed by atoms with Gasteiger partial charge in [-0.1, -0.05) is 54.6 Å². The molecule has 0 unspecified atom stereocenters. The van der Waals surface area contributed by atoms with Crippen LogP contribution < -0.4 is 15.1 Å². The molecule has 3 aromatic rings. The number of benzene rings is 3. The van der Waals surface area contributed by atoms with Crippen LogP contribution in [-0.2, 0) is 30.6 Å². The number of methoxy groups -OCH3 is 1. The van der Waals surface area contributed by atoms with Crippen molar-refractivity contribution in [3.8, 4) is 0 Å². The van der Waals surface area contributed by atoms with E-state index in [0.717, 1.165) is 39.3 Å². The summed E-state index contributed by atoms with van der Waals surface area (Å²) in [5.41, 5.74) is 5.72. The van der Waals surface area contributed by atoms with Gasteiger partial charge in [-0.2, -0.15) is 0 Å². The normalized spacial score (nSPS) is 33.2. The summed E-state index contributed by atoms with van der Waals surface area (Å²) in [5.74, 6) is 0.182. The molecular formula is C36H38N6O4. The van der Waals surface area contributed by atoms with Gasteiger partial charge < -0.3 is 29.7 Å². The molecule has 10 nitrogen and oxygen atoms in total. The van der Waals surface area contributed by atoms with Gasteiger partial charge in [0.2, 0.25) is 11.8 Å². The number of likely N-dealkylation sites (N-methyl/N-ethyl adjacent to an activating group) is 4. The minimum absolute atomic E-state index is 0.0722. The molecule has 0 radical (unpaired) electrons. The zero-order valence-electron chi connectivity index (χ0n) is 26.8. The lowest BCUT2D eigenvalue weighted by Gasteiger charge is -2.48. The molecule has 46 heavy (non-hydrogen) atoms. The molecule has 3 amide bonds. The fourth-order valence-corrected chi connectivity index (χ4v) is 11.0. The molecule has 0 aliphatic carbocycles. The maximum atomic E-state index is 13.9. The predicted octanol–water partition coefficient (Wildman–Crippen LogP) is 3.65. The highest BCUT2D eigenvalue weighted by atomic mass is 16.5. The Hall–Kier alpha value is -4.73. The monoisotopic (exact) mass is 618 g/mol. The summed E-state index contributed by atoms with van der Waals surface area (Å²) in [5, 5.41) is 3.94. The average Bonchev–Trinajstić information content (AvgIpc) is 3.86. The van der Waals surface area contributed by atoms with Crippen molar-refractivity contribution in [2.24, 2.45) is 0 Å². The van der Waals surface area contributed by atoms with Crippen molar-refractivity contribution >= 4 is 35.0 Å². The number of carbonyl (C=O) groups excluding carboxylic acids is 3. The second-order valence-electron chi connectivity index (χ2n) is 14.0. The Balaban J connectivity index is 1.34. The zero-order valence-corrected chi connectivity index (χ0v) is 26.8. The molecule has 0 spiro atoms. The highest BCUT2D eigenvalue weighted by Gasteiger charge is 2.75. The van der Waals surface area contributed by atoms with Crippen molar-refractivity contribution in [2.75, 3.05) is 57.0 Å². The fraction of sp³-hybridized carbons (Fsp3) is 0.417. The third kappa shape index (κ3) is 2.76. The number of nitrogens with one attached hydrogen (secondary N) is 1.